The Bertz CT molecular complexity index is 1120. The van der Waals surface area contributed by atoms with E-state index in [-0.39, 0.29) is 30.2 Å². The van der Waals surface area contributed by atoms with Crippen LogP contribution >= 0.6 is 0 Å². The smallest absolute Gasteiger partial charge is 0.259 e. The van der Waals surface area contributed by atoms with E-state index in [2.05, 4.69) is 30.5 Å². The molecule has 3 aromatic rings. The molecule has 0 bridgehead atoms. The van der Waals surface area contributed by atoms with Crippen molar-refractivity contribution in [2.75, 3.05) is 18.4 Å². The van der Waals surface area contributed by atoms with Crippen LogP contribution in [0.2, 0.25) is 0 Å². The first kappa shape index (κ1) is 22.5. The summed E-state index contributed by atoms with van der Waals surface area (Å²) >= 11 is 0. The van der Waals surface area contributed by atoms with Crippen LogP contribution in [0.4, 0.5) is 10.1 Å². The van der Waals surface area contributed by atoms with Gasteiger partial charge < -0.3 is 10.6 Å². The Morgan fingerprint density at radius 2 is 1.97 bits per heavy atom. The molecular weight excluding hydrogens is 423 g/mol. The number of hydrogen-bond donors (Lipinski definition) is 2. The van der Waals surface area contributed by atoms with Crippen LogP contribution in [0.1, 0.15) is 46.5 Å². The van der Waals surface area contributed by atoms with Crippen molar-refractivity contribution in [2.24, 2.45) is 0 Å². The van der Waals surface area contributed by atoms with Crippen LogP contribution in [0.3, 0.4) is 0 Å². The van der Waals surface area contributed by atoms with Gasteiger partial charge in [0, 0.05) is 18.1 Å². The molecule has 1 unspecified atom stereocenters. The van der Waals surface area contributed by atoms with E-state index in [1.54, 1.807) is 13.1 Å². The lowest BCUT2D eigenvalue weighted by molar-refractivity contribution is -0.122. The lowest BCUT2D eigenvalue weighted by Crippen LogP contribution is -2.37. The third kappa shape index (κ3) is 5.75. The molecule has 1 fully saturated rings. The summed E-state index contributed by atoms with van der Waals surface area (Å²) < 4.78 is 13.1. The second-order valence-corrected chi connectivity index (χ2v) is 7.91. The van der Waals surface area contributed by atoms with E-state index in [9.17, 15) is 14.0 Å². The van der Waals surface area contributed by atoms with Gasteiger partial charge in [-0.3, -0.25) is 19.5 Å². The molecule has 0 aliphatic carbocycles. The minimum Gasteiger partial charge on any atom is -0.349 e. The molecule has 1 aliphatic rings. The number of hydrogen-bond acceptors (Lipinski definition) is 6. The van der Waals surface area contributed by atoms with Crippen LogP contribution < -0.4 is 10.6 Å². The number of nitrogens with one attached hydrogen (secondary N) is 2. The largest absolute Gasteiger partial charge is 0.349 e. The van der Waals surface area contributed by atoms with Crippen molar-refractivity contribution in [3.63, 3.8) is 0 Å². The molecule has 0 spiro atoms. The maximum atomic E-state index is 13.1. The van der Waals surface area contributed by atoms with Crippen LogP contribution in [0.15, 0.2) is 54.9 Å². The topological polar surface area (TPSA) is 100 Å². The highest BCUT2D eigenvalue weighted by Gasteiger charge is 2.30. The van der Waals surface area contributed by atoms with Gasteiger partial charge in [-0.15, -0.1) is 0 Å². The third-order valence-electron chi connectivity index (χ3n) is 5.55. The van der Waals surface area contributed by atoms with Crippen LogP contribution in [-0.2, 0) is 11.3 Å². The summed E-state index contributed by atoms with van der Waals surface area (Å²) in [5, 5.41) is 5.62. The van der Waals surface area contributed by atoms with Crippen molar-refractivity contribution in [2.45, 2.75) is 32.4 Å². The number of benzene rings is 1. The predicted molar refractivity (Wildman–Crippen MR) is 121 cm³/mol. The summed E-state index contributed by atoms with van der Waals surface area (Å²) in [6, 6.07) is 11.0. The normalized spacial score (nSPS) is 15.9. The number of rotatable bonds is 7. The summed E-state index contributed by atoms with van der Waals surface area (Å²) in [5.74, 6) is -0.216. The lowest BCUT2D eigenvalue weighted by atomic mass is 10.1. The maximum Gasteiger partial charge on any atom is 0.259 e. The van der Waals surface area contributed by atoms with Crippen molar-refractivity contribution < 1.29 is 14.0 Å². The van der Waals surface area contributed by atoms with E-state index < -0.39 is 0 Å². The molecule has 1 aliphatic heterocycles. The first-order chi connectivity index (χ1) is 16.0. The molecule has 1 atom stereocenters. The van der Waals surface area contributed by atoms with Gasteiger partial charge in [-0.25, -0.2) is 14.4 Å². The number of carbonyl (C=O) groups is 2. The zero-order valence-corrected chi connectivity index (χ0v) is 18.3. The van der Waals surface area contributed by atoms with Gasteiger partial charge in [-0.05, 0) is 62.7 Å². The summed E-state index contributed by atoms with van der Waals surface area (Å²) in [6.45, 7) is 3.15. The Morgan fingerprint density at radius 3 is 2.70 bits per heavy atom. The van der Waals surface area contributed by atoms with E-state index >= 15 is 0 Å². The molecule has 2 amide bonds. The van der Waals surface area contributed by atoms with Gasteiger partial charge in [-0.2, -0.15) is 0 Å². The summed E-state index contributed by atoms with van der Waals surface area (Å²) in [5.41, 5.74) is 2.19. The highest BCUT2D eigenvalue weighted by Crippen LogP contribution is 2.29. The average molecular weight is 449 g/mol. The summed E-state index contributed by atoms with van der Waals surface area (Å²) in [7, 11) is 0. The van der Waals surface area contributed by atoms with E-state index in [0.29, 0.717) is 29.3 Å². The minimum atomic E-state index is -0.372. The standard InChI is InChI=1S/C24H25FN6O2/c1-16-20(24(33)30-18-9-7-17(25)8-10-18)14-28-23(29-16)21-6-4-12-31(21)15-22(32)27-13-19-5-2-3-11-26-19/h2-3,5,7-11,14,21H,4,6,12-13,15H2,1H3,(H,27,32)(H,30,33). The fraction of sp³-hybridized carbons (Fsp3) is 0.292. The van der Waals surface area contributed by atoms with Gasteiger partial charge in [0.05, 0.1) is 36.1 Å². The highest BCUT2D eigenvalue weighted by atomic mass is 19.1. The summed E-state index contributed by atoms with van der Waals surface area (Å²) in [4.78, 5) is 40.3. The number of carbonyl (C=O) groups excluding carboxylic acids is 2. The molecule has 33 heavy (non-hydrogen) atoms. The van der Waals surface area contributed by atoms with Gasteiger partial charge in [-0.1, -0.05) is 6.07 Å². The van der Waals surface area contributed by atoms with E-state index in [4.69, 9.17) is 0 Å². The van der Waals surface area contributed by atoms with Crippen molar-refractivity contribution >= 4 is 17.5 Å². The zero-order valence-electron chi connectivity index (χ0n) is 18.3. The van der Waals surface area contributed by atoms with Crippen molar-refractivity contribution in [1.82, 2.24) is 25.2 Å². The lowest BCUT2D eigenvalue weighted by Gasteiger charge is -2.23. The molecule has 1 aromatic carbocycles. The first-order valence-corrected chi connectivity index (χ1v) is 10.8. The molecule has 3 heterocycles. The molecule has 4 rings (SSSR count). The fourth-order valence-electron chi connectivity index (χ4n) is 3.84. The first-order valence-electron chi connectivity index (χ1n) is 10.8. The summed E-state index contributed by atoms with van der Waals surface area (Å²) in [6.07, 6.45) is 4.98. The van der Waals surface area contributed by atoms with Crippen molar-refractivity contribution in [1.29, 1.82) is 0 Å². The van der Waals surface area contributed by atoms with Gasteiger partial charge in [0.2, 0.25) is 5.91 Å². The van der Waals surface area contributed by atoms with Crippen molar-refractivity contribution in [3.8, 4) is 0 Å². The number of anilines is 1. The van der Waals surface area contributed by atoms with E-state index in [0.717, 1.165) is 25.1 Å². The molecule has 2 N–H and O–H groups in total. The molecule has 1 saturated heterocycles. The fourth-order valence-corrected chi connectivity index (χ4v) is 3.84. The molecule has 9 heteroatoms. The molecule has 8 nitrogen and oxygen atoms in total. The molecule has 0 radical (unpaired) electrons. The number of pyridine rings is 1. The van der Waals surface area contributed by atoms with Gasteiger partial charge >= 0.3 is 0 Å². The SMILES string of the molecule is Cc1nc(C2CCCN2CC(=O)NCc2ccccn2)ncc1C(=O)Nc1ccc(F)cc1. The average Bonchev–Trinajstić information content (AvgIpc) is 3.27. The number of likely N-dealkylation sites (tertiary alicyclic amines) is 1. The number of nitrogens with zero attached hydrogens (tertiary/aromatic N) is 4. The zero-order chi connectivity index (χ0) is 23.2. The van der Waals surface area contributed by atoms with Crippen molar-refractivity contribution in [3.05, 3.63) is 83.5 Å². The van der Waals surface area contributed by atoms with Crippen LogP contribution in [0.5, 0.6) is 0 Å². The Labute approximate surface area is 191 Å². The van der Waals surface area contributed by atoms with Crippen LogP contribution in [0.25, 0.3) is 0 Å². The molecular formula is C24H25FN6O2. The van der Waals surface area contributed by atoms with Gasteiger partial charge in [0.25, 0.3) is 5.91 Å². The number of aryl methyl sites for hydroxylation is 1. The molecule has 170 valence electrons. The Kier molecular flexibility index (Phi) is 6.99. The second kappa shape index (κ2) is 10.3. The second-order valence-electron chi connectivity index (χ2n) is 7.91. The Morgan fingerprint density at radius 1 is 1.15 bits per heavy atom. The third-order valence-corrected chi connectivity index (χ3v) is 5.55. The Hall–Kier alpha value is -3.72. The number of amides is 2. The maximum absolute atomic E-state index is 13.1. The molecule has 0 saturated carbocycles. The minimum absolute atomic E-state index is 0.0837. The van der Waals surface area contributed by atoms with E-state index in [1.807, 2.05) is 18.2 Å². The quantitative estimate of drug-likeness (QED) is 0.576. The predicted octanol–water partition coefficient (Wildman–Crippen LogP) is 3.02. The van der Waals surface area contributed by atoms with Gasteiger partial charge in [0.15, 0.2) is 0 Å². The number of halogens is 1. The van der Waals surface area contributed by atoms with Crippen LogP contribution in [-0.4, -0.2) is 44.8 Å². The monoisotopic (exact) mass is 448 g/mol. The molecule has 2 aromatic heterocycles. The highest BCUT2D eigenvalue weighted by molar-refractivity contribution is 6.04. The van der Waals surface area contributed by atoms with E-state index in [1.165, 1.54) is 30.5 Å². The number of aromatic nitrogens is 3. The Balaban J connectivity index is 1.38. The van der Waals surface area contributed by atoms with Gasteiger partial charge in [0.1, 0.15) is 11.6 Å². The van der Waals surface area contributed by atoms with Crippen LogP contribution in [0, 0.1) is 12.7 Å².